The second kappa shape index (κ2) is 9.49. The van der Waals surface area contributed by atoms with Crippen molar-refractivity contribution in [2.75, 3.05) is 32.8 Å². The molecule has 142 valence electrons. The summed E-state index contributed by atoms with van der Waals surface area (Å²) >= 11 is 0. The third kappa shape index (κ3) is 5.52. The van der Waals surface area contributed by atoms with Crippen LogP contribution in [0.15, 0.2) is 60.2 Å². The number of carbonyl (C=O) groups excluding carboxylic acids is 1. The van der Waals surface area contributed by atoms with Gasteiger partial charge in [0.25, 0.3) is 0 Å². The number of amides is 1. The molecule has 0 spiro atoms. The fraction of sp³-hybridized carbons (Fsp3) is 0.348. The molecule has 0 bridgehead atoms. The van der Waals surface area contributed by atoms with Gasteiger partial charge in [0.05, 0.1) is 19.3 Å². The van der Waals surface area contributed by atoms with E-state index >= 15 is 0 Å². The Labute approximate surface area is 161 Å². The first-order valence-corrected chi connectivity index (χ1v) is 9.53. The molecular formula is C23H28N2O2. The van der Waals surface area contributed by atoms with Gasteiger partial charge in [0, 0.05) is 25.2 Å². The van der Waals surface area contributed by atoms with Crippen molar-refractivity contribution in [3.63, 3.8) is 0 Å². The Morgan fingerprint density at radius 3 is 2.44 bits per heavy atom. The summed E-state index contributed by atoms with van der Waals surface area (Å²) in [5.41, 5.74) is 4.22. The van der Waals surface area contributed by atoms with Crippen LogP contribution in [0.25, 0.3) is 6.08 Å². The molecule has 0 aromatic heterocycles. The van der Waals surface area contributed by atoms with Crippen molar-refractivity contribution in [1.82, 2.24) is 10.2 Å². The molecule has 1 saturated heterocycles. The van der Waals surface area contributed by atoms with Gasteiger partial charge in [-0.2, -0.15) is 0 Å². The van der Waals surface area contributed by atoms with E-state index < -0.39 is 0 Å². The molecule has 1 heterocycles. The highest BCUT2D eigenvalue weighted by Crippen LogP contribution is 2.22. The summed E-state index contributed by atoms with van der Waals surface area (Å²) in [5.74, 6) is -0.0239. The van der Waals surface area contributed by atoms with Crippen molar-refractivity contribution < 1.29 is 9.53 Å². The van der Waals surface area contributed by atoms with Crippen molar-refractivity contribution in [1.29, 1.82) is 0 Å². The van der Waals surface area contributed by atoms with Crippen LogP contribution < -0.4 is 5.32 Å². The van der Waals surface area contributed by atoms with Crippen LogP contribution in [0.3, 0.4) is 0 Å². The van der Waals surface area contributed by atoms with E-state index in [4.69, 9.17) is 4.74 Å². The molecule has 1 atom stereocenters. The average Bonchev–Trinajstić information content (AvgIpc) is 2.71. The number of rotatable bonds is 6. The highest BCUT2D eigenvalue weighted by Gasteiger charge is 2.23. The SMILES string of the molecule is C/C(=C\c1ccccc1)C(=O)NCC(c1ccc(C)cc1)N1CCOCC1. The number of hydrogen-bond donors (Lipinski definition) is 1. The van der Waals surface area contributed by atoms with E-state index in [0.717, 1.165) is 31.9 Å². The third-order valence-electron chi connectivity index (χ3n) is 4.95. The van der Waals surface area contributed by atoms with Crippen LogP contribution in [-0.2, 0) is 9.53 Å². The fourth-order valence-electron chi connectivity index (χ4n) is 3.33. The second-order valence-corrected chi connectivity index (χ2v) is 7.02. The molecule has 4 heteroatoms. The molecule has 0 aliphatic carbocycles. The van der Waals surface area contributed by atoms with Gasteiger partial charge >= 0.3 is 0 Å². The minimum Gasteiger partial charge on any atom is -0.379 e. The van der Waals surface area contributed by atoms with Crippen molar-refractivity contribution in [2.45, 2.75) is 19.9 Å². The first-order valence-electron chi connectivity index (χ1n) is 9.53. The summed E-state index contributed by atoms with van der Waals surface area (Å²) in [6.45, 7) is 7.78. The lowest BCUT2D eigenvalue weighted by molar-refractivity contribution is -0.117. The van der Waals surface area contributed by atoms with E-state index in [1.54, 1.807) is 0 Å². The quantitative estimate of drug-likeness (QED) is 0.797. The molecule has 3 rings (SSSR count). The molecule has 0 radical (unpaired) electrons. The predicted octanol–water partition coefficient (Wildman–Crippen LogP) is 3.59. The van der Waals surface area contributed by atoms with E-state index in [1.165, 1.54) is 11.1 Å². The smallest absolute Gasteiger partial charge is 0.247 e. The van der Waals surface area contributed by atoms with Crippen LogP contribution in [0.4, 0.5) is 0 Å². The number of morpholine rings is 1. The molecule has 27 heavy (non-hydrogen) atoms. The maximum atomic E-state index is 12.6. The van der Waals surface area contributed by atoms with Gasteiger partial charge in [-0.3, -0.25) is 9.69 Å². The zero-order valence-corrected chi connectivity index (χ0v) is 16.2. The summed E-state index contributed by atoms with van der Waals surface area (Å²) < 4.78 is 5.50. The average molecular weight is 364 g/mol. The number of carbonyl (C=O) groups is 1. The highest BCUT2D eigenvalue weighted by atomic mass is 16.5. The molecule has 2 aromatic rings. The monoisotopic (exact) mass is 364 g/mol. The number of hydrogen-bond acceptors (Lipinski definition) is 3. The van der Waals surface area contributed by atoms with Crippen LogP contribution in [0, 0.1) is 6.92 Å². The summed E-state index contributed by atoms with van der Waals surface area (Å²) in [7, 11) is 0. The Bertz CT molecular complexity index is 763. The van der Waals surface area contributed by atoms with Gasteiger partial charge in [0.2, 0.25) is 5.91 Å². The Hall–Kier alpha value is -2.43. The normalized spacial score (nSPS) is 16.7. The number of aryl methyl sites for hydroxylation is 1. The summed E-state index contributed by atoms with van der Waals surface area (Å²) in [6.07, 6.45) is 1.92. The first kappa shape index (κ1) is 19.3. The molecule has 1 aliphatic heterocycles. The Morgan fingerprint density at radius 1 is 1.11 bits per heavy atom. The van der Waals surface area contributed by atoms with Crippen LogP contribution in [0.1, 0.15) is 29.7 Å². The van der Waals surface area contributed by atoms with Crippen molar-refractivity contribution in [3.8, 4) is 0 Å². The number of benzene rings is 2. The molecule has 1 unspecified atom stereocenters. The van der Waals surface area contributed by atoms with Crippen molar-refractivity contribution in [2.24, 2.45) is 0 Å². The molecule has 1 aliphatic rings. The fourth-order valence-corrected chi connectivity index (χ4v) is 3.33. The van der Waals surface area contributed by atoms with Crippen molar-refractivity contribution >= 4 is 12.0 Å². The third-order valence-corrected chi connectivity index (χ3v) is 4.95. The lowest BCUT2D eigenvalue weighted by Gasteiger charge is -2.35. The lowest BCUT2D eigenvalue weighted by Crippen LogP contribution is -2.43. The van der Waals surface area contributed by atoms with Gasteiger partial charge < -0.3 is 10.1 Å². The highest BCUT2D eigenvalue weighted by molar-refractivity contribution is 5.97. The van der Waals surface area contributed by atoms with E-state index in [0.29, 0.717) is 12.1 Å². The van der Waals surface area contributed by atoms with Gasteiger partial charge in [-0.25, -0.2) is 0 Å². The number of nitrogens with zero attached hydrogens (tertiary/aromatic N) is 1. The van der Waals surface area contributed by atoms with Gasteiger partial charge in [-0.15, -0.1) is 0 Å². The van der Waals surface area contributed by atoms with Crippen LogP contribution in [0.5, 0.6) is 0 Å². The first-order chi connectivity index (χ1) is 13.1. The lowest BCUT2D eigenvalue weighted by atomic mass is 10.0. The van der Waals surface area contributed by atoms with Crippen molar-refractivity contribution in [3.05, 3.63) is 76.9 Å². The molecular weight excluding hydrogens is 336 g/mol. The van der Waals surface area contributed by atoms with E-state index in [-0.39, 0.29) is 11.9 Å². The maximum Gasteiger partial charge on any atom is 0.247 e. The van der Waals surface area contributed by atoms with E-state index in [1.807, 2.05) is 43.3 Å². The largest absolute Gasteiger partial charge is 0.379 e. The number of ether oxygens (including phenoxy) is 1. The molecule has 2 aromatic carbocycles. The molecule has 1 N–H and O–H groups in total. The maximum absolute atomic E-state index is 12.6. The van der Waals surface area contributed by atoms with Gasteiger partial charge in [0.15, 0.2) is 0 Å². The molecule has 4 nitrogen and oxygen atoms in total. The van der Waals surface area contributed by atoms with E-state index in [9.17, 15) is 4.79 Å². The number of nitrogens with one attached hydrogen (secondary N) is 1. The Morgan fingerprint density at radius 2 is 1.78 bits per heavy atom. The Balaban J connectivity index is 1.69. The summed E-state index contributed by atoms with van der Waals surface area (Å²) in [5, 5.41) is 3.12. The molecule has 0 saturated carbocycles. The van der Waals surface area contributed by atoms with Gasteiger partial charge in [-0.1, -0.05) is 60.2 Å². The second-order valence-electron chi connectivity index (χ2n) is 7.02. The van der Waals surface area contributed by atoms with Crippen LogP contribution in [-0.4, -0.2) is 43.7 Å². The van der Waals surface area contributed by atoms with Crippen LogP contribution >= 0.6 is 0 Å². The topological polar surface area (TPSA) is 41.6 Å². The Kier molecular flexibility index (Phi) is 6.80. The summed E-state index contributed by atoms with van der Waals surface area (Å²) in [6, 6.07) is 18.7. The minimum absolute atomic E-state index is 0.0239. The van der Waals surface area contributed by atoms with Crippen LogP contribution in [0.2, 0.25) is 0 Å². The minimum atomic E-state index is -0.0239. The van der Waals surface area contributed by atoms with Gasteiger partial charge in [0.1, 0.15) is 0 Å². The van der Waals surface area contributed by atoms with E-state index in [2.05, 4.69) is 41.4 Å². The van der Waals surface area contributed by atoms with Gasteiger partial charge in [-0.05, 0) is 31.1 Å². The molecule has 1 fully saturated rings. The summed E-state index contributed by atoms with van der Waals surface area (Å²) in [4.78, 5) is 15.0. The zero-order chi connectivity index (χ0) is 19.1. The predicted molar refractivity (Wildman–Crippen MR) is 109 cm³/mol. The molecule has 1 amide bonds. The zero-order valence-electron chi connectivity index (χ0n) is 16.2. The standard InChI is InChI=1S/C23H28N2O2/c1-18-8-10-21(11-9-18)22(25-12-14-27-15-13-25)17-24-23(26)19(2)16-20-6-4-3-5-7-20/h3-11,16,22H,12-15,17H2,1-2H3,(H,24,26)/b19-16+.